The first-order valence-corrected chi connectivity index (χ1v) is 13.6. The number of aromatic nitrogens is 2. The number of halogens is 3. The van der Waals surface area contributed by atoms with E-state index in [1.807, 2.05) is 61.0 Å². The van der Waals surface area contributed by atoms with Crippen LogP contribution in [0, 0.1) is 0 Å². The summed E-state index contributed by atoms with van der Waals surface area (Å²) in [5.41, 5.74) is 6.64. The minimum absolute atomic E-state index is 0.185. The van der Waals surface area contributed by atoms with Crippen LogP contribution in [0.15, 0.2) is 18.2 Å². The van der Waals surface area contributed by atoms with Crippen molar-refractivity contribution in [2.75, 3.05) is 0 Å². The maximum Gasteiger partial charge on any atom is 0.573 e. The van der Waals surface area contributed by atoms with Crippen LogP contribution in [0.1, 0.15) is 16.2 Å². The highest BCUT2D eigenvalue weighted by Crippen LogP contribution is 2.36. The van der Waals surface area contributed by atoms with Gasteiger partial charge < -0.3 is 14.4 Å². The van der Waals surface area contributed by atoms with Crippen molar-refractivity contribution in [3.05, 3.63) is 29.6 Å². The highest BCUT2D eigenvalue weighted by molar-refractivity contribution is 6.61. The monoisotopic (exact) mass is 547 g/mol. The van der Waals surface area contributed by atoms with Crippen LogP contribution in [0.4, 0.5) is 13.2 Å². The molecule has 0 unspecified atom stereocenters. The van der Waals surface area contributed by atoms with E-state index in [0.717, 1.165) is 22.2 Å². The number of hydrogen-bond acceptors (Lipinski definition) is 5. The summed E-state index contributed by atoms with van der Waals surface area (Å²) >= 11 is 0. The molecule has 4 rings (SSSR count). The molecule has 1 aliphatic heterocycles. The second-order valence-corrected chi connectivity index (χ2v) is 12.0. The molecule has 0 N–H and O–H groups in total. The number of carbonyl (C=O) groups excluding carboxylic acids is 1. The van der Waals surface area contributed by atoms with Crippen LogP contribution >= 0.6 is 0 Å². The van der Waals surface area contributed by atoms with Crippen molar-refractivity contribution in [3.63, 3.8) is 0 Å². The van der Waals surface area contributed by atoms with E-state index in [-0.39, 0.29) is 18.2 Å². The molecule has 0 radical (unpaired) electrons. The van der Waals surface area contributed by atoms with Gasteiger partial charge in [-0.2, -0.15) is 0 Å². The number of rotatable bonds is 4. The first-order valence-electron chi connectivity index (χ1n) is 13.6. The van der Waals surface area contributed by atoms with Gasteiger partial charge in [0.1, 0.15) is 87.9 Å². The predicted octanol–water partition coefficient (Wildman–Crippen LogP) is -12.3. The van der Waals surface area contributed by atoms with E-state index in [4.69, 9.17) is 4.74 Å². The number of amides is 1. The van der Waals surface area contributed by atoms with E-state index in [0.29, 0.717) is 44.6 Å². The molecule has 0 saturated heterocycles. The molecule has 0 bridgehead atoms. The zero-order valence-corrected chi connectivity index (χ0v) is 25.6. The number of nitrogens with zero attached hydrogens (tertiary/aromatic N) is 3. The molecule has 0 aliphatic carbocycles. The highest BCUT2D eigenvalue weighted by Gasteiger charge is 2.48. The highest BCUT2D eigenvalue weighted by atomic mass is 19.4. The fraction of sp³-hybridized carbons (Fsp3) is 0.190. The molecule has 0 saturated carbocycles. The number of carbonyl (C=O) groups is 1. The lowest BCUT2D eigenvalue weighted by atomic mass is 9.39. The summed E-state index contributed by atoms with van der Waals surface area (Å²) in [6, 6.07) is 5.39. The fourth-order valence-electron chi connectivity index (χ4n) is 5.37. The topological polar surface area (TPSA) is 64.6 Å². The second kappa shape index (κ2) is 10.4. The Bertz CT molecular complexity index is 1540. The standard InChI is InChI=1S/C21H27B11F3N3O3/c22-10-9(11(23)13(25)15(12(10)24)41-21(33,34)35)5-1-2-7-6(3-5)18(39)38(19(29,30)20(31,32)40-7)4-8-36-16(27)14(26)17(28)37-8/h1-3H,4,22-32H2. The third-order valence-corrected chi connectivity index (χ3v) is 9.01. The van der Waals surface area contributed by atoms with Gasteiger partial charge in [0.25, 0.3) is 5.91 Å². The van der Waals surface area contributed by atoms with E-state index in [1.54, 1.807) is 48.4 Å². The van der Waals surface area contributed by atoms with E-state index in [9.17, 15) is 18.0 Å². The number of alkyl halides is 3. The quantitative estimate of drug-likeness (QED) is 0.305. The minimum Gasteiger partial charge on any atom is -0.504 e. The summed E-state index contributed by atoms with van der Waals surface area (Å²) < 4.78 is 50.3. The zero-order chi connectivity index (χ0) is 30.8. The molecule has 6 nitrogen and oxygen atoms in total. The van der Waals surface area contributed by atoms with Crippen LogP contribution in [0.2, 0.25) is 0 Å². The molecule has 1 aromatic heterocycles. The molecule has 198 valence electrons. The SMILES string of the molecule is Bc1nc(CN2C(=O)c3cc(-c4c(B)c(B)c(OC(F)(F)F)c(B)c4B)ccc3OC(B)(B)C2(B)B)nc(B)c1B. The van der Waals surface area contributed by atoms with Crippen LogP contribution in [0.25, 0.3) is 11.1 Å². The summed E-state index contributed by atoms with van der Waals surface area (Å²) in [4.78, 5) is 25.4. The van der Waals surface area contributed by atoms with Gasteiger partial charge in [-0.1, -0.05) is 33.4 Å². The first-order chi connectivity index (χ1) is 18.8. The number of benzene rings is 2. The van der Waals surface area contributed by atoms with Crippen molar-refractivity contribution in [1.82, 2.24) is 14.9 Å². The summed E-state index contributed by atoms with van der Waals surface area (Å²) in [7, 11) is 20.4. The van der Waals surface area contributed by atoms with Gasteiger partial charge in [0.2, 0.25) is 0 Å². The van der Waals surface area contributed by atoms with Gasteiger partial charge in [-0.3, -0.25) is 4.79 Å². The minimum atomic E-state index is -4.80. The van der Waals surface area contributed by atoms with Crippen molar-refractivity contribution in [1.29, 1.82) is 0 Å². The third-order valence-electron chi connectivity index (χ3n) is 9.01. The normalized spacial score (nSPS) is 16.0. The zero-order valence-electron chi connectivity index (χ0n) is 25.6. The van der Waals surface area contributed by atoms with Crippen LogP contribution < -0.4 is 48.0 Å². The lowest BCUT2D eigenvalue weighted by Gasteiger charge is -2.47. The van der Waals surface area contributed by atoms with Crippen LogP contribution in [0.5, 0.6) is 11.5 Å². The van der Waals surface area contributed by atoms with Crippen LogP contribution in [-0.2, 0) is 6.54 Å². The maximum atomic E-state index is 14.3. The van der Waals surface area contributed by atoms with E-state index in [1.165, 1.54) is 0 Å². The van der Waals surface area contributed by atoms with Gasteiger partial charge in [0.05, 0.1) is 12.1 Å². The molecule has 20 heteroatoms. The average Bonchev–Trinajstić information content (AvgIpc) is 2.91. The van der Waals surface area contributed by atoms with Gasteiger partial charge in [0.15, 0.2) is 15.7 Å². The Hall–Kier alpha value is -2.91. The Kier molecular flexibility index (Phi) is 7.89. The van der Waals surface area contributed by atoms with Gasteiger partial charge in [0, 0.05) is 10.7 Å². The smallest absolute Gasteiger partial charge is 0.504 e. The molecule has 0 spiro atoms. The van der Waals surface area contributed by atoms with E-state index in [2.05, 4.69) is 14.7 Å². The van der Waals surface area contributed by atoms with E-state index >= 15 is 0 Å². The van der Waals surface area contributed by atoms with Crippen molar-refractivity contribution in [3.8, 4) is 22.6 Å². The van der Waals surface area contributed by atoms with Crippen LogP contribution in [-0.4, -0.2) is 124 Å². The Morgan fingerprint density at radius 2 is 1.39 bits per heavy atom. The number of fused-ring (bicyclic) bond motifs is 1. The lowest BCUT2D eigenvalue weighted by molar-refractivity contribution is -0.273. The predicted molar refractivity (Wildman–Crippen MR) is 188 cm³/mol. The Morgan fingerprint density at radius 1 is 0.854 bits per heavy atom. The summed E-state index contributed by atoms with van der Waals surface area (Å²) in [6.07, 6.45) is -4.80. The molecule has 41 heavy (non-hydrogen) atoms. The third kappa shape index (κ3) is 5.51. The Morgan fingerprint density at radius 3 is 1.90 bits per heavy atom. The van der Waals surface area contributed by atoms with Crippen molar-refractivity contribution >= 4 is 131 Å². The Labute approximate surface area is 248 Å². The largest absolute Gasteiger partial charge is 0.573 e. The van der Waals surface area contributed by atoms with E-state index < -0.39 is 17.1 Å². The van der Waals surface area contributed by atoms with Gasteiger partial charge >= 0.3 is 6.36 Å². The first kappa shape index (κ1) is 31.0. The van der Waals surface area contributed by atoms with Crippen molar-refractivity contribution < 1.29 is 27.4 Å². The maximum absolute atomic E-state index is 14.3. The molecule has 1 amide bonds. The average molecular weight is 545 g/mol. The molecular weight excluding hydrogens is 518 g/mol. The number of hydrogen-bond donors (Lipinski definition) is 0. The lowest BCUT2D eigenvalue weighted by Crippen LogP contribution is -2.69. The molecule has 3 aromatic rings. The summed E-state index contributed by atoms with van der Waals surface area (Å²) in [5.74, 6) is 0.555. The van der Waals surface area contributed by atoms with Gasteiger partial charge in [-0.05, 0) is 34.4 Å². The summed E-state index contributed by atoms with van der Waals surface area (Å²) in [6.45, 7) is 0.185. The molecule has 2 aromatic carbocycles. The van der Waals surface area contributed by atoms with Gasteiger partial charge in [-0.15, -0.1) is 13.2 Å². The molecular formula is C21H27B11F3N3O3. The molecule has 1 aliphatic rings. The van der Waals surface area contributed by atoms with Crippen LogP contribution in [0.3, 0.4) is 0 Å². The number of ether oxygens (including phenoxy) is 2. The molecule has 2 heterocycles. The fourth-order valence-corrected chi connectivity index (χ4v) is 5.37. The summed E-state index contributed by atoms with van der Waals surface area (Å²) in [5, 5.41) is -1.53. The van der Waals surface area contributed by atoms with Crippen molar-refractivity contribution in [2.45, 2.75) is 23.6 Å². The second-order valence-electron chi connectivity index (χ2n) is 12.0. The Balaban J connectivity index is 1.87. The molecule has 0 fully saturated rings. The van der Waals surface area contributed by atoms with Crippen molar-refractivity contribution in [2.24, 2.45) is 0 Å². The van der Waals surface area contributed by atoms with Gasteiger partial charge in [-0.25, -0.2) is 9.97 Å². The molecule has 0 atom stereocenters.